The molecule has 1 aromatic heterocycles. The first-order valence-corrected chi connectivity index (χ1v) is 5.83. The second kappa shape index (κ2) is 6.55. The van der Waals surface area contributed by atoms with Crippen LogP contribution in [0.2, 0.25) is 0 Å². The number of hydrogen-bond donors (Lipinski definition) is 2. The molecule has 5 nitrogen and oxygen atoms in total. The van der Waals surface area contributed by atoms with Gasteiger partial charge in [-0.25, -0.2) is 4.98 Å². The van der Waals surface area contributed by atoms with Gasteiger partial charge in [0.25, 0.3) is 5.56 Å². The predicted octanol–water partition coefficient (Wildman–Crippen LogP) is 2.02. The number of hydrogen-bond acceptors (Lipinski definition) is 4. The van der Waals surface area contributed by atoms with E-state index in [0.717, 1.165) is 0 Å². The number of alkyl halides is 3. The Balaban J connectivity index is 2.55. The zero-order valence-electron chi connectivity index (χ0n) is 10.7. The van der Waals surface area contributed by atoms with Crippen LogP contribution in [0.1, 0.15) is 26.0 Å². The first-order valence-electron chi connectivity index (χ1n) is 5.83. The van der Waals surface area contributed by atoms with E-state index in [-0.39, 0.29) is 12.1 Å². The zero-order valence-corrected chi connectivity index (χ0v) is 10.7. The van der Waals surface area contributed by atoms with Crippen molar-refractivity contribution in [1.29, 1.82) is 0 Å². The van der Waals surface area contributed by atoms with E-state index < -0.39 is 17.4 Å². The van der Waals surface area contributed by atoms with Crippen LogP contribution in [0.15, 0.2) is 10.9 Å². The Bertz CT molecular complexity index is 457. The summed E-state index contributed by atoms with van der Waals surface area (Å²) in [5.74, 6) is -0.190. The van der Waals surface area contributed by atoms with E-state index in [2.05, 4.69) is 15.3 Å². The van der Waals surface area contributed by atoms with Gasteiger partial charge < -0.3 is 10.1 Å². The quantitative estimate of drug-likeness (QED) is 0.782. The summed E-state index contributed by atoms with van der Waals surface area (Å²) in [5, 5.41) is 2.63. The summed E-state index contributed by atoms with van der Waals surface area (Å²) in [6.07, 6.45) is -3.93. The van der Waals surface area contributed by atoms with Crippen molar-refractivity contribution < 1.29 is 17.9 Å². The minimum absolute atomic E-state index is 0.103. The molecule has 0 radical (unpaired) electrons. The van der Waals surface area contributed by atoms with Crippen LogP contribution in [0.5, 0.6) is 0 Å². The van der Waals surface area contributed by atoms with Crippen molar-refractivity contribution in [2.75, 3.05) is 18.5 Å². The third-order valence-corrected chi connectivity index (χ3v) is 2.10. The summed E-state index contributed by atoms with van der Waals surface area (Å²) in [6.45, 7) is 4.61. The van der Waals surface area contributed by atoms with Gasteiger partial charge >= 0.3 is 6.18 Å². The van der Waals surface area contributed by atoms with Gasteiger partial charge in [-0.1, -0.05) is 0 Å². The molecule has 2 N–H and O–H groups in total. The highest BCUT2D eigenvalue weighted by Crippen LogP contribution is 2.26. The standard InChI is InChI=1S/C11H16F3N3O2/c1-7(2)19-5-3-4-15-10-16-8(11(12,13)14)6-9(18)17-10/h6-7H,3-5H2,1-2H3,(H2,15,16,17,18). The maximum atomic E-state index is 12.4. The van der Waals surface area contributed by atoms with Gasteiger partial charge in [0.05, 0.1) is 6.10 Å². The molecule has 0 spiro atoms. The average molecular weight is 279 g/mol. The minimum atomic E-state index is -4.63. The van der Waals surface area contributed by atoms with Gasteiger partial charge in [0.2, 0.25) is 5.95 Å². The van der Waals surface area contributed by atoms with Gasteiger partial charge in [0, 0.05) is 19.2 Å². The molecule has 0 saturated carbocycles. The molecule has 0 fully saturated rings. The van der Waals surface area contributed by atoms with E-state index >= 15 is 0 Å². The molecule has 1 rings (SSSR count). The van der Waals surface area contributed by atoms with E-state index in [1.807, 2.05) is 13.8 Å². The van der Waals surface area contributed by atoms with Gasteiger partial charge in [-0.2, -0.15) is 13.2 Å². The van der Waals surface area contributed by atoms with Crippen molar-refractivity contribution in [2.45, 2.75) is 32.5 Å². The minimum Gasteiger partial charge on any atom is -0.379 e. The molecule has 0 atom stereocenters. The van der Waals surface area contributed by atoms with E-state index in [1.165, 1.54) is 0 Å². The van der Waals surface area contributed by atoms with E-state index in [4.69, 9.17) is 4.74 Å². The Hall–Kier alpha value is -1.57. The highest BCUT2D eigenvalue weighted by molar-refractivity contribution is 5.25. The van der Waals surface area contributed by atoms with Crippen LogP contribution in [0, 0.1) is 0 Å². The summed E-state index contributed by atoms with van der Waals surface area (Å²) in [7, 11) is 0. The lowest BCUT2D eigenvalue weighted by Gasteiger charge is -2.10. The molecular formula is C11H16F3N3O2. The maximum absolute atomic E-state index is 12.4. The molecule has 19 heavy (non-hydrogen) atoms. The highest BCUT2D eigenvalue weighted by Gasteiger charge is 2.33. The number of nitrogens with zero attached hydrogens (tertiary/aromatic N) is 1. The van der Waals surface area contributed by atoms with Crippen molar-refractivity contribution in [3.8, 4) is 0 Å². The molecule has 0 amide bonds. The van der Waals surface area contributed by atoms with Crippen molar-refractivity contribution in [3.05, 3.63) is 22.1 Å². The Labute approximate surface area is 108 Å². The van der Waals surface area contributed by atoms with Crippen molar-refractivity contribution in [1.82, 2.24) is 9.97 Å². The monoisotopic (exact) mass is 279 g/mol. The van der Waals surface area contributed by atoms with Crippen LogP contribution in [0.4, 0.5) is 19.1 Å². The fraction of sp³-hybridized carbons (Fsp3) is 0.636. The first kappa shape index (κ1) is 15.5. The van der Waals surface area contributed by atoms with Crippen LogP contribution < -0.4 is 10.9 Å². The molecule has 0 aliphatic heterocycles. The van der Waals surface area contributed by atoms with Crippen molar-refractivity contribution in [3.63, 3.8) is 0 Å². The molecule has 0 aromatic carbocycles. The SMILES string of the molecule is CC(C)OCCCNc1nc(C(F)(F)F)cc(=O)[nH]1. The number of aromatic amines is 1. The average Bonchev–Trinajstić information content (AvgIpc) is 2.26. The predicted molar refractivity (Wildman–Crippen MR) is 64.1 cm³/mol. The van der Waals surface area contributed by atoms with Gasteiger partial charge in [0.1, 0.15) is 0 Å². The number of H-pyrrole nitrogens is 1. The fourth-order valence-electron chi connectivity index (χ4n) is 1.28. The van der Waals surface area contributed by atoms with E-state index in [0.29, 0.717) is 25.6 Å². The molecule has 1 aromatic rings. The molecule has 0 aliphatic carbocycles. The maximum Gasteiger partial charge on any atom is 0.433 e. The summed E-state index contributed by atoms with van der Waals surface area (Å²) < 4.78 is 42.5. The Kier molecular flexibility index (Phi) is 5.34. The number of nitrogens with one attached hydrogen (secondary N) is 2. The topological polar surface area (TPSA) is 67.0 Å². The summed E-state index contributed by atoms with van der Waals surface area (Å²) in [5.41, 5.74) is -2.06. The largest absolute Gasteiger partial charge is 0.433 e. The summed E-state index contributed by atoms with van der Waals surface area (Å²) >= 11 is 0. The Morgan fingerprint density at radius 1 is 1.47 bits per heavy atom. The lowest BCUT2D eigenvalue weighted by molar-refractivity contribution is -0.141. The molecule has 1 heterocycles. The Morgan fingerprint density at radius 3 is 2.74 bits per heavy atom. The van der Waals surface area contributed by atoms with Crippen molar-refractivity contribution >= 4 is 5.95 Å². The van der Waals surface area contributed by atoms with Gasteiger partial charge in [-0.15, -0.1) is 0 Å². The third-order valence-electron chi connectivity index (χ3n) is 2.10. The van der Waals surface area contributed by atoms with Crippen LogP contribution in [-0.2, 0) is 10.9 Å². The highest BCUT2D eigenvalue weighted by atomic mass is 19.4. The van der Waals surface area contributed by atoms with E-state index in [9.17, 15) is 18.0 Å². The number of ether oxygens (including phenoxy) is 1. The van der Waals surface area contributed by atoms with Crippen LogP contribution >= 0.6 is 0 Å². The number of rotatable bonds is 6. The van der Waals surface area contributed by atoms with Crippen molar-refractivity contribution in [2.24, 2.45) is 0 Å². The van der Waals surface area contributed by atoms with E-state index in [1.54, 1.807) is 0 Å². The van der Waals surface area contributed by atoms with Gasteiger partial charge in [-0.05, 0) is 20.3 Å². The van der Waals surface area contributed by atoms with Crippen LogP contribution in [0.3, 0.4) is 0 Å². The number of aromatic nitrogens is 2. The Morgan fingerprint density at radius 2 is 2.16 bits per heavy atom. The smallest absolute Gasteiger partial charge is 0.379 e. The lowest BCUT2D eigenvalue weighted by atomic mass is 10.4. The second-order valence-electron chi connectivity index (χ2n) is 4.18. The molecular weight excluding hydrogens is 263 g/mol. The van der Waals surface area contributed by atoms with Gasteiger partial charge in [-0.3, -0.25) is 9.78 Å². The van der Waals surface area contributed by atoms with Crippen LogP contribution in [-0.4, -0.2) is 29.2 Å². The summed E-state index contributed by atoms with van der Waals surface area (Å²) in [4.78, 5) is 16.6. The number of halogens is 3. The molecule has 0 aliphatic rings. The number of anilines is 1. The normalized spacial score (nSPS) is 11.9. The van der Waals surface area contributed by atoms with Gasteiger partial charge in [0.15, 0.2) is 5.69 Å². The van der Waals surface area contributed by atoms with Crippen LogP contribution in [0.25, 0.3) is 0 Å². The fourth-order valence-corrected chi connectivity index (χ4v) is 1.28. The molecule has 8 heteroatoms. The summed E-state index contributed by atoms with van der Waals surface area (Å²) in [6, 6.07) is 0.424. The lowest BCUT2D eigenvalue weighted by Crippen LogP contribution is -2.19. The molecule has 108 valence electrons. The molecule has 0 unspecified atom stereocenters. The molecule has 0 bridgehead atoms. The third kappa shape index (κ3) is 5.73. The first-order chi connectivity index (χ1) is 8.79. The second-order valence-corrected chi connectivity index (χ2v) is 4.18. The molecule has 0 saturated heterocycles. The zero-order chi connectivity index (χ0) is 14.5.